The van der Waals surface area contributed by atoms with Crippen molar-refractivity contribution in [2.24, 2.45) is 0 Å². The van der Waals surface area contributed by atoms with E-state index in [1.807, 2.05) is 31.2 Å². The predicted octanol–water partition coefficient (Wildman–Crippen LogP) is 3.48. The summed E-state index contributed by atoms with van der Waals surface area (Å²) in [6.07, 6.45) is 0. The molecular formula is C15H11N3. The molecule has 0 aliphatic heterocycles. The topological polar surface area (TPSA) is 59.6 Å². The molecule has 0 amide bonds. The summed E-state index contributed by atoms with van der Waals surface area (Å²) in [5, 5.41) is 21.1. The monoisotopic (exact) mass is 233 g/mol. The normalized spacial score (nSPS) is 9.28. The number of hydrogen-bond donors (Lipinski definition) is 1. The molecule has 0 radical (unpaired) electrons. The quantitative estimate of drug-likeness (QED) is 0.863. The van der Waals surface area contributed by atoms with E-state index in [9.17, 15) is 0 Å². The van der Waals surface area contributed by atoms with Crippen LogP contribution in [0.25, 0.3) is 0 Å². The first-order chi connectivity index (χ1) is 8.72. The van der Waals surface area contributed by atoms with Crippen LogP contribution in [0.15, 0.2) is 42.5 Å². The maximum Gasteiger partial charge on any atom is 0.101 e. The molecule has 2 aromatic rings. The Hall–Kier alpha value is -2.78. The second kappa shape index (κ2) is 5.03. The van der Waals surface area contributed by atoms with Crippen molar-refractivity contribution >= 4 is 11.4 Å². The molecule has 0 aliphatic carbocycles. The van der Waals surface area contributed by atoms with Crippen molar-refractivity contribution in [3.05, 3.63) is 59.2 Å². The molecule has 0 saturated heterocycles. The molecule has 3 heteroatoms. The smallest absolute Gasteiger partial charge is 0.101 e. The highest BCUT2D eigenvalue weighted by Gasteiger charge is 2.03. The molecule has 3 nitrogen and oxygen atoms in total. The summed E-state index contributed by atoms with van der Waals surface area (Å²) in [4.78, 5) is 0. The number of hydrogen-bond acceptors (Lipinski definition) is 3. The summed E-state index contributed by atoms with van der Waals surface area (Å²) >= 11 is 0. The first-order valence-electron chi connectivity index (χ1n) is 5.51. The fraction of sp³-hybridized carbons (Fsp3) is 0.0667. The molecule has 0 atom stereocenters. The van der Waals surface area contributed by atoms with E-state index in [1.165, 1.54) is 0 Å². The van der Waals surface area contributed by atoms with Crippen molar-refractivity contribution in [1.82, 2.24) is 0 Å². The predicted molar refractivity (Wildman–Crippen MR) is 70.3 cm³/mol. The summed E-state index contributed by atoms with van der Waals surface area (Å²) in [7, 11) is 0. The van der Waals surface area contributed by atoms with Crippen LogP contribution in [0.4, 0.5) is 11.4 Å². The van der Waals surface area contributed by atoms with Gasteiger partial charge >= 0.3 is 0 Å². The Balaban J connectivity index is 2.35. The summed E-state index contributed by atoms with van der Waals surface area (Å²) in [6, 6.07) is 17.0. The lowest BCUT2D eigenvalue weighted by Crippen LogP contribution is -1.94. The number of rotatable bonds is 2. The van der Waals surface area contributed by atoms with E-state index in [0.717, 1.165) is 16.9 Å². The molecule has 0 unspecified atom stereocenters. The summed E-state index contributed by atoms with van der Waals surface area (Å²) in [5.41, 5.74) is 3.78. The Labute approximate surface area is 106 Å². The van der Waals surface area contributed by atoms with Crippen molar-refractivity contribution in [1.29, 1.82) is 10.5 Å². The summed E-state index contributed by atoms with van der Waals surface area (Å²) in [6.45, 7) is 1.95. The molecule has 0 aliphatic rings. The van der Waals surface area contributed by atoms with Crippen LogP contribution >= 0.6 is 0 Å². The van der Waals surface area contributed by atoms with Gasteiger partial charge in [-0.3, -0.25) is 0 Å². The van der Waals surface area contributed by atoms with Crippen molar-refractivity contribution in [2.75, 3.05) is 5.32 Å². The first-order valence-corrected chi connectivity index (χ1v) is 5.51. The maximum atomic E-state index is 9.08. The lowest BCUT2D eigenvalue weighted by molar-refractivity contribution is 1.40. The van der Waals surface area contributed by atoms with E-state index in [1.54, 1.807) is 18.2 Å². The molecule has 0 saturated carbocycles. The highest BCUT2D eigenvalue weighted by atomic mass is 14.9. The van der Waals surface area contributed by atoms with Crippen LogP contribution in [0.3, 0.4) is 0 Å². The molecular weight excluding hydrogens is 222 g/mol. The summed E-state index contributed by atoms with van der Waals surface area (Å²) in [5.74, 6) is 0. The molecule has 2 rings (SSSR count). The standard InChI is InChI=1S/C15H11N3/c1-11-5-6-15(13(7-11)10-17)18-14-4-2-3-12(8-14)9-16/h2-8,18H,1H3. The molecule has 0 fully saturated rings. The van der Waals surface area contributed by atoms with E-state index in [-0.39, 0.29) is 0 Å². The molecule has 1 N–H and O–H groups in total. The minimum Gasteiger partial charge on any atom is -0.354 e. The van der Waals surface area contributed by atoms with Crippen LogP contribution in [-0.4, -0.2) is 0 Å². The largest absolute Gasteiger partial charge is 0.354 e. The number of nitrogens with one attached hydrogen (secondary N) is 1. The van der Waals surface area contributed by atoms with Gasteiger partial charge in [-0.05, 0) is 42.8 Å². The third-order valence-corrected chi connectivity index (χ3v) is 2.57. The van der Waals surface area contributed by atoms with E-state index in [2.05, 4.69) is 17.5 Å². The van der Waals surface area contributed by atoms with Crippen LogP contribution in [0.1, 0.15) is 16.7 Å². The number of nitrogens with zero attached hydrogens (tertiary/aromatic N) is 2. The molecule has 0 heterocycles. The van der Waals surface area contributed by atoms with Gasteiger partial charge in [-0.15, -0.1) is 0 Å². The van der Waals surface area contributed by atoms with Gasteiger partial charge in [-0.1, -0.05) is 12.1 Å². The van der Waals surface area contributed by atoms with Crippen LogP contribution < -0.4 is 5.32 Å². The summed E-state index contributed by atoms with van der Waals surface area (Å²) < 4.78 is 0. The molecule has 0 bridgehead atoms. The SMILES string of the molecule is Cc1ccc(Nc2cccc(C#N)c2)c(C#N)c1. The second-order valence-electron chi connectivity index (χ2n) is 3.98. The average Bonchev–Trinajstić information content (AvgIpc) is 2.41. The minimum absolute atomic E-state index is 0.589. The third-order valence-electron chi connectivity index (χ3n) is 2.57. The maximum absolute atomic E-state index is 9.08. The number of aryl methyl sites for hydroxylation is 1. The van der Waals surface area contributed by atoms with E-state index < -0.39 is 0 Å². The fourth-order valence-electron chi connectivity index (χ4n) is 1.68. The van der Waals surface area contributed by atoms with Crippen molar-refractivity contribution in [3.63, 3.8) is 0 Å². The number of benzene rings is 2. The zero-order chi connectivity index (χ0) is 13.0. The average molecular weight is 233 g/mol. The van der Waals surface area contributed by atoms with Gasteiger partial charge in [0.1, 0.15) is 6.07 Å². The van der Waals surface area contributed by atoms with Gasteiger partial charge in [0, 0.05) is 5.69 Å². The second-order valence-corrected chi connectivity index (χ2v) is 3.98. The zero-order valence-electron chi connectivity index (χ0n) is 9.94. The Bertz CT molecular complexity index is 660. The number of nitriles is 2. The van der Waals surface area contributed by atoms with Crippen molar-refractivity contribution < 1.29 is 0 Å². The lowest BCUT2D eigenvalue weighted by Gasteiger charge is -2.09. The van der Waals surface area contributed by atoms with Crippen LogP contribution in [-0.2, 0) is 0 Å². The lowest BCUT2D eigenvalue weighted by atomic mass is 10.1. The number of anilines is 2. The van der Waals surface area contributed by atoms with Gasteiger partial charge in [0.2, 0.25) is 0 Å². The van der Waals surface area contributed by atoms with Gasteiger partial charge in [-0.25, -0.2) is 0 Å². The van der Waals surface area contributed by atoms with Gasteiger partial charge in [0.25, 0.3) is 0 Å². The van der Waals surface area contributed by atoms with Crippen molar-refractivity contribution in [2.45, 2.75) is 6.92 Å². The van der Waals surface area contributed by atoms with E-state index in [4.69, 9.17) is 10.5 Å². The van der Waals surface area contributed by atoms with Crippen LogP contribution in [0.5, 0.6) is 0 Å². The van der Waals surface area contributed by atoms with Crippen molar-refractivity contribution in [3.8, 4) is 12.1 Å². The Morgan fingerprint density at radius 1 is 1.00 bits per heavy atom. The molecule has 18 heavy (non-hydrogen) atoms. The fourth-order valence-corrected chi connectivity index (χ4v) is 1.68. The first kappa shape index (κ1) is 11.7. The van der Waals surface area contributed by atoms with Crippen LogP contribution in [0.2, 0.25) is 0 Å². The molecule has 2 aromatic carbocycles. The third kappa shape index (κ3) is 2.48. The van der Waals surface area contributed by atoms with Gasteiger partial charge in [0.05, 0.1) is 22.9 Å². The van der Waals surface area contributed by atoms with Gasteiger partial charge in [0.15, 0.2) is 0 Å². The highest BCUT2D eigenvalue weighted by Crippen LogP contribution is 2.22. The minimum atomic E-state index is 0.589. The molecule has 0 spiro atoms. The Morgan fingerprint density at radius 3 is 2.56 bits per heavy atom. The zero-order valence-corrected chi connectivity index (χ0v) is 9.94. The highest BCUT2D eigenvalue weighted by molar-refractivity contribution is 5.67. The Morgan fingerprint density at radius 2 is 1.83 bits per heavy atom. The van der Waals surface area contributed by atoms with Gasteiger partial charge in [-0.2, -0.15) is 10.5 Å². The van der Waals surface area contributed by atoms with E-state index >= 15 is 0 Å². The van der Waals surface area contributed by atoms with E-state index in [0.29, 0.717) is 11.1 Å². The molecule has 86 valence electrons. The molecule has 0 aromatic heterocycles. The van der Waals surface area contributed by atoms with Gasteiger partial charge < -0.3 is 5.32 Å². The van der Waals surface area contributed by atoms with Crippen LogP contribution in [0, 0.1) is 29.6 Å². The Kier molecular flexibility index (Phi) is 3.27.